The lowest BCUT2D eigenvalue weighted by molar-refractivity contribution is -0.385. The topological polar surface area (TPSA) is 137 Å². The molecule has 2 rings (SSSR count). The molecule has 2 heterocycles. The average molecular weight is 292 g/mol. The van der Waals surface area contributed by atoms with Crippen molar-refractivity contribution in [2.45, 2.75) is 19.9 Å². The number of nitrogens with zero attached hydrogens (tertiary/aromatic N) is 5. The molecule has 0 atom stereocenters. The minimum Gasteiger partial charge on any atom is -0.364 e. The first kappa shape index (κ1) is 14.7. The minimum atomic E-state index is -0.506. The molecular weight excluding hydrogens is 276 g/mol. The van der Waals surface area contributed by atoms with Crippen LogP contribution in [0.2, 0.25) is 0 Å². The van der Waals surface area contributed by atoms with Gasteiger partial charge in [-0.05, 0) is 13.3 Å². The summed E-state index contributed by atoms with van der Waals surface area (Å²) in [5.41, 5.74) is 2.40. The van der Waals surface area contributed by atoms with Crippen LogP contribution in [0.3, 0.4) is 0 Å². The Balaban J connectivity index is 2.03. The fourth-order valence-electron chi connectivity index (χ4n) is 1.86. The molecule has 0 bridgehead atoms. The highest BCUT2D eigenvalue weighted by Gasteiger charge is 2.21. The minimum absolute atomic E-state index is 0.134. The number of nitro groups is 1. The van der Waals surface area contributed by atoms with E-state index in [-0.39, 0.29) is 23.1 Å². The van der Waals surface area contributed by atoms with E-state index in [1.165, 1.54) is 6.92 Å². The predicted octanol–water partition coefficient (Wildman–Crippen LogP) is 0.678. The summed E-state index contributed by atoms with van der Waals surface area (Å²) in [6.07, 6.45) is 6.04. The van der Waals surface area contributed by atoms with Crippen molar-refractivity contribution in [3.63, 3.8) is 0 Å². The number of hydrogen-bond donors (Lipinski definition) is 3. The second kappa shape index (κ2) is 6.61. The van der Waals surface area contributed by atoms with Crippen LogP contribution in [0.1, 0.15) is 12.1 Å². The van der Waals surface area contributed by atoms with Gasteiger partial charge in [-0.1, -0.05) is 0 Å². The van der Waals surface area contributed by atoms with Gasteiger partial charge in [0.25, 0.3) is 0 Å². The summed E-state index contributed by atoms with van der Waals surface area (Å²) in [6.45, 7) is 2.82. The maximum absolute atomic E-state index is 11.1. The molecule has 0 aliphatic carbocycles. The monoisotopic (exact) mass is 292 g/mol. The molecule has 2 aromatic heterocycles. The third-order valence-electron chi connectivity index (χ3n) is 2.81. The number of hydrogen-bond acceptors (Lipinski definition) is 8. The van der Waals surface area contributed by atoms with Crippen molar-refractivity contribution in [1.29, 1.82) is 0 Å². The van der Waals surface area contributed by atoms with Gasteiger partial charge in [-0.2, -0.15) is 4.98 Å². The molecule has 4 N–H and O–H groups in total. The Kier molecular flexibility index (Phi) is 4.61. The molecule has 112 valence electrons. The number of nitrogens with one attached hydrogen (secondary N) is 2. The van der Waals surface area contributed by atoms with Crippen LogP contribution in [-0.4, -0.2) is 31.0 Å². The molecule has 21 heavy (non-hydrogen) atoms. The molecule has 0 unspecified atom stereocenters. The maximum Gasteiger partial charge on any atom is 0.332 e. The summed E-state index contributed by atoms with van der Waals surface area (Å²) >= 11 is 0. The lowest BCUT2D eigenvalue weighted by Gasteiger charge is -2.09. The average Bonchev–Trinajstić information content (AvgIpc) is 2.95. The van der Waals surface area contributed by atoms with Crippen LogP contribution in [0, 0.1) is 17.0 Å². The van der Waals surface area contributed by atoms with Crippen molar-refractivity contribution >= 4 is 17.5 Å². The predicted molar refractivity (Wildman–Crippen MR) is 76.6 cm³/mol. The van der Waals surface area contributed by atoms with E-state index in [0.29, 0.717) is 6.54 Å². The Morgan fingerprint density at radius 3 is 2.90 bits per heavy atom. The SMILES string of the molecule is Cc1nc(NN)nc(NCCCn2ccnc2)c1[N+](=O)[O-]. The highest BCUT2D eigenvalue weighted by Crippen LogP contribution is 2.26. The molecular formula is C11H16N8O2. The number of hydrazine groups is 1. The fourth-order valence-corrected chi connectivity index (χ4v) is 1.86. The molecule has 0 aromatic carbocycles. The van der Waals surface area contributed by atoms with Gasteiger partial charge >= 0.3 is 5.69 Å². The van der Waals surface area contributed by atoms with Crippen LogP contribution >= 0.6 is 0 Å². The Bertz CT molecular complexity index is 613. The third kappa shape index (κ3) is 3.63. The largest absolute Gasteiger partial charge is 0.364 e. The van der Waals surface area contributed by atoms with Gasteiger partial charge in [0.1, 0.15) is 5.69 Å². The van der Waals surface area contributed by atoms with Crippen molar-refractivity contribution in [3.05, 3.63) is 34.5 Å². The van der Waals surface area contributed by atoms with E-state index in [4.69, 9.17) is 5.84 Å². The van der Waals surface area contributed by atoms with Crippen LogP contribution in [-0.2, 0) is 6.54 Å². The van der Waals surface area contributed by atoms with Crippen molar-refractivity contribution in [1.82, 2.24) is 19.5 Å². The summed E-state index contributed by atoms with van der Waals surface area (Å²) in [7, 11) is 0. The van der Waals surface area contributed by atoms with E-state index in [0.717, 1.165) is 13.0 Å². The van der Waals surface area contributed by atoms with Gasteiger partial charge in [0, 0.05) is 25.5 Å². The number of anilines is 2. The molecule has 0 amide bonds. The number of nitrogens with two attached hydrogens (primary N) is 1. The summed E-state index contributed by atoms with van der Waals surface area (Å²) < 4.78 is 1.92. The number of aromatic nitrogens is 4. The molecule has 0 radical (unpaired) electrons. The lowest BCUT2D eigenvalue weighted by Crippen LogP contribution is -2.15. The van der Waals surface area contributed by atoms with Crippen molar-refractivity contribution in [2.24, 2.45) is 5.84 Å². The van der Waals surface area contributed by atoms with Gasteiger partial charge < -0.3 is 9.88 Å². The van der Waals surface area contributed by atoms with Crippen molar-refractivity contribution in [3.8, 4) is 0 Å². The van der Waals surface area contributed by atoms with E-state index >= 15 is 0 Å². The molecule has 0 fully saturated rings. The smallest absolute Gasteiger partial charge is 0.332 e. The van der Waals surface area contributed by atoms with Crippen molar-refractivity contribution in [2.75, 3.05) is 17.3 Å². The Labute approximate surface area is 120 Å². The first-order valence-electron chi connectivity index (χ1n) is 6.31. The van der Waals surface area contributed by atoms with Gasteiger partial charge in [-0.25, -0.2) is 15.8 Å². The Morgan fingerprint density at radius 2 is 2.29 bits per heavy atom. The van der Waals surface area contributed by atoms with Crippen LogP contribution in [0.4, 0.5) is 17.5 Å². The van der Waals surface area contributed by atoms with Gasteiger partial charge in [0.05, 0.1) is 11.3 Å². The van der Waals surface area contributed by atoms with Gasteiger partial charge in [-0.3, -0.25) is 15.5 Å². The molecule has 0 saturated heterocycles. The highest BCUT2D eigenvalue weighted by atomic mass is 16.6. The first-order valence-corrected chi connectivity index (χ1v) is 6.31. The van der Waals surface area contributed by atoms with E-state index in [9.17, 15) is 10.1 Å². The summed E-state index contributed by atoms with van der Waals surface area (Å²) in [4.78, 5) is 22.4. The normalized spacial score (nSPS) is 10.4. The van der Waals surface area contributed by atoms with E-state index in [1.807, 2.05) is 10.8 Å². The van der Waals surface area contributed by atoms with Gasteiger partial charge in [0.2, 0.25) is 11.8 Å². The van der Waals surface area contributed by atoms with Crippen LogP contribution in [0.15, 0.2) is 18.7 Å². The summed E-state index contributed by atoms with van der Waals surface area (Å²) in [5.74, 6) is 5.54. The summed E-state index contributed by atoms with van der Waals surface area (Å²) in [6, 6.07) is 0. The van der Waals surface area contributed by atoms with Gasteiger partial charge in [-0.15, -0.1) is 0 Å². The number of imidazole rings is 1. The number of rotatable bonds is 7. The van der Waals surface area contributed by atoms with Crippen molar-refractivity contribution < 1.29 is 4.92 Å². The lowest BCUT2D eigenvalue weighted by atomic mass is 10.3. The second-order valence-corrected chi connectivity index (χ2v) is 4.31. The van der Waals surface area contributed by atoms with E-state index < -0.39 is 4.92 Å². The Hall–Kier alpha value is -2.75. The molecule has 10 heteroatoms. The molecule has 2 aromatic rings. The highest BCUT2D eigenvalue weighted by molar-refractivity contribution is 5.60. The standard InChI is InChI=1S/C11H16N8O2/c1-8-9(19(20)21)10(16-11(15-8)17-12)14-3-2-5-18-6-4-13-7-18/h4,6-7H,2-3,5,12H2,1H3,(H2,14,15,16,17). The zero-order chi connectivity index (χ0) is 15.2. The molecule has 0 aliphatic heterocycles. The third-order valence-corrected chi connectivity index (χ3v) is 2.81. The zero-order valence-corrected chi connectivity index (χ0v) is 11.5. The molecule has 10 nitrogen and oxygen atoms in total. The van der Waals surface area contributed by atoms with Crippen LogP contribution in [0.25, 0.3) is 0 Å². The Morgan fingerprint density at radius 1 is 1.48 bits per heavy atom. The second-order valence-electron chi connectivity index (χ2n) is 4.31. The van der Waals surface area contributed by atoms with E-state index in [2.05, 4.69) is 25.7 Å². The number of aryl methyl sites for hydroxylation is 2. The quantitative estimate of drug-likeness (QED) is 0.293. The molecule has 0 saturated carbocycles. The first-order chi connectivity index (χ1) is 10.1. The van der Waals surface area contributed by atoms with Gasteiger partial charge in [0.15, 0.2) is 0 Å². The zero-order valence-electron chi connectivity index (χ0n) is 11.5. The van der Waals surface area contributed by atoms with Crippen LogP contribution < -0.4 is 16.6 Å². The fraction of sp³-hybridized carbons (Fsp3) is 0.364. The maximum atomic E-state index is 11.1. The van der Waals surface area contributed by atoms with Crippen LogP contribution in [0.5, 0.6) is 0 Å². The number of nitrogen functional groups attached to an aromatic ring is 1. The molecule has 0 aliphatic rings. The van der Waals surface area contributed by atoms with E-state index in [1.54, 1.807) is 12.5 Å². The molecule has 0 spiro atoms. The summed E-state index contributed by atoms with van der Waals surface area (Å²) in [5, 5.41) is 14.0.